The quantitative estimate of drug-likeness (QED) is 0.572. The Balaban J connectivity index is 0.00000128. The summed E-state index contributed by atoms with van der Waals surface area (Å²) < 4.78 is 0. The first-order valence-electron chi connectivity index (χ1n) is 5.44. The van der Waals surface area contributed by atoms with E-state index in [9.17, 15) is 0 Å². The molecule has 0 amide bonds. The third-order valence-electron chi connectivity index (χ3n) is 3.08. The van der Waals surface area contributed by atoms with Gasteiger partial charge in [-0.2, -0.15) is 0 Å². The highest BCUT2D eigenvalue weighted by Gasteiger charge is 2.23. The Morgan fingerprint density at radius 2 is 2.25 bits per heavy atom. The van der Waals surface area contributed by atoms with Crippen LogP contribution in [0, 0.1) is 5.92 Å². The van der Waals surface area contributed by atoms with Gasteiger partial charge in [0.25, 0.3) is 0 Å². The molecule has 1 aliphatic heterocycles. The van der Waals surface area contributed by atoms with E-state index in [1.54, 1.807) is 0 Å². The fraction of sp³-hybridized carbons (Fsp3) is 0.357. The van der Waals surface area contributed by atoms with Crippen molar-refractivity contribution in [1.82, 2.24) is 5.32 Å². The molecule has 1 N–H and O–H groups in total. The summed E-state index contributed by atoms with van der Waals surface area (Å²) >= 11 is 0. The number of hydrogen-bond acceptors (Lipinski definition) is 1. The van der Waals surface area contributed by atoms with E-state index < -0.39 is 0 Å². The molecule has 1 aliphatic carbocycles. The SMILES string of the molecule is C=C=C(C)C1CC=CC2=C1NC(C)C=C2.I. The molecule has 2 aliphatic rings. The van der Waals surface area contributed by atoms with Crippen LogP contribution in [0.3, 0.4) is 0 Å². The van der Waals surface area contributed by atoms with Crippen LogP contribution in [0.4, 0.5) is 0 Å². The second-order valence-electron chi connectivity index (χ2n) is 4.21. The van der Waals surface area contributed by atoms with Gasteiger partial charge in [-0.15, -0.1) is 29.7 Å². The predicted octanol–water partition coefficient (Wildman–Crippen LogP) is 3.71. The molecule has 16 heavy (non-hydrogen) atoms. The molecule has 0 aromatic heterocycles. The highest BCUT2D eigenvalue weighted by atomic mass is 127. The van der Waals surface area contributed by atoms with Crippen LogP contribution in [-0.2, 0) is 0 Å². The van der Waals surface area contributed by atoms with E-state index in [-0.39, 0.29) is 24.0 Å². The zero-order chi connectivity index (χ0) is 10.8. The van der Waals surface area contributed by atoms with E-state index in [4.69, 9.17) is 0 Å². The van der Waals surface area contributed by atoms with Crippen LogP contribution in [0.1, 0.15) is 20.3 Å². The molecule has 2 unspecified atom stereocenters. The summed E-state index contributed by atoms with van der Waals surface area (Å²) in [6.45, 7) is 8.01. The molecule has 0 saturated carbocycles. The van der Waals surface area contributed by atoms with E-state index in [2.05, 4.69) is 55.8 Å². The van der Waals surface area contributed by atoms with Crippen molar-refractivity contribution in [2.45, 2.75) is 26.3 Å². The van der Waals surface area contributed by atoms with Crippen molar-refractivity contribution in [3.05, 3.63) is 53.5 Å². The Hall–Kier alpha value is -0.730. The fourth-order valence-electron chi connectivity index (χ4n) is 2.13. The molecule has 0 saturated heterocycles. The Kier molecular flexibility index (Phi) is 4.63. The van der Waals surface area contributed by atoms with Crippen molar-refractivity contribution in [3.63, 3.8) is 0 Å². The van der Waals surface area contributed by atoms with Crippen LogP contribution in [0.2, 0.25) is 0 Å². The van der Waals surface area contributed by atoms with Crippen LogP contribution in [0.25, 0.3) is 0 Å². The van der Waals surface area contributed by atoms with E-state index in [1.807, 2.05) is 0 Å². The van der Waals surface area contributed by atoms with Crippen molar-refractivity contribution >= 4 is 24.0 Å². The molecule has 0 fully saturated rings. The largest absolute Gasteiger partial charge is 0.381 e. The fourth-order valence-corrected chi connectivity index (χ4v) is 2.13. The van der Waals surface area contributed by atoms with Gasteiger partial charge in [-0.05, 0) is 31.4 Å². The molecule has 2 atom stereocenters. The normalized spacial score (nSPS) is 26.4. The molecule has 0 spiro atoms. The van der Waals surface area contributed by atoms with Gasteiger partial charge in [0.2, 0.25) is 0 Å². The van der Waals surface area contributed by atoms with Crippen molar-refractivity contribution in [3.8, 4) is 0 Å². The summed E-state index contributed by atoms with van der Waals surface area (Å²) in [5.74, 6) is 0.440. The first kappa shape index (κ1) is 13.3. The third-order valence-corrected chi connectivity index (χ3v) is 3.08. The van der Waals surface area contributed by atoms with Crippen LogP contribution in [-0.4, -0.2) is 6.04 Å². The monoisotopic (exact) mass is 327 g/mol. The van der Waals surface area contributed by atoms with Gasteiger partial charge in [0.1, 0.15) is 0 Å². The van der Waals surface area contributed by atoms with Gasteiger partial charge in [0.15, 0.2) is 0 Å². The van der Waals surface area contributed by atoms with Crippen LogP contribution >= 0.6 is 24.0 Å². The van der Waals surface area contributed by atoms with Crippen molar-refractivity contribution in [1.29, 1.82) is 0 Å². The molecular weight excluding hydrogens is 309 g/mol. The summed E-state index contributed by atoms with van der Waals surface area (Å²) in [5, 5.41) is 3.54. The first-order valence-corrected chi connectivity index (χ1v) is 5.44. The summed E-state index contributed by atoms with van der Waals surface area (Å²) in [6.07, 6.45) is 9.87. The third kappa shape index (κ3) is 2.50. The lowest BCUT2D eigenvalue weighted by Gasteiger charge is -2.30. The molecule has 2 rings (SSSR count). The van der Waals surface area contributed by atoms with E-state index in [0.717, 1.165) is 6.42 Å². The van der Waals surface area contributed by atoms with E-state index in [1.165, 1.54) is 16.8 Å². The number of dihydropyridines is 1. The standard InChI is InChI=1S/C14H17N.HI/c1-4-10(2)13-7-5-6-12-9-8-11(3)15-14(12)13;/h5-6,8-9,11,13,15H,1,7H2,2-3H3;1H. The average Bonchev–Trinajstić information content (AvgIpc) is 2.27. The van der Waals surface area contributed by atoms with Gasteiger partial charge >= 0.3 is 0 Å². The van der Waals surface area contributed by atoms with Gasteiger partial charge in [0, 0.05) is 17.7 Å². The highest BCUT2D eigenvalue weighted by Crippen LogP contribution is 2.31. The molecule has 0 radical (unpaired) electrons. The van der Waals surface area contributed by atoms with Crippen molar-refractivity contribution in [2.75, 3.05) is 0 Å². The number of rotatable bonds is 1. The first-order chi connectivity index (χ1) is 7.22. The number of halogens is 1. The molecule has 0 bridgehead atoms. The number of nitrogens with one attached hydrogen (secondary N) is 1. The molecule has 2 heteroatoms. The van der Waals surface area contributed by atoms with Gasteiger partial charge in [-0.25, -0.2) is 0 Å². The zero-order valence-electron chi connectivity index (χ0n) is 9.79. The number of allylic oxidation sites excluding steroid dienone is 5. The zero-order valence-corrected chi connectivity index (χ0v) is 12.1. The predicted molar refractivity (Wildman–Crippen MR) is 79.8 cm³/mol. The molecule has 0 aromatic carbocycles. The molecule has 86 valence electrons. The summed E-state index contributed by atoms with van der Waals surface area (Å²) in [6, 6.07) is 0.426. The topological polar surface area (TPSA) is 12.0 Å². The summed E-state index contributed by atoms with van der Waals surface area (Å²) in [4.78, 5) is 0. The number of hydrogen-bond donors (Lipinski definition) is 1. The van der Waals surface area contributed by atoms with Gasteiger partial charge in [-0.1, -0.05) is 30.9 Å². The maximum absolute atomic E-state index is 3.74. The summed E-state index contributed by atoms with van der Waals surface area (Å²) in [5.41, 5.74) is 6.88. The van der Waals surface area contributed by atoms with Gasteiger partial charge < -0.3 is 5.32 Å². The Labute approximate surface area is 115 Å². The lowest BCUT2D eigenvalue weighted by Crippen LogP contribution is -2.32. The van der Waals surface area contributed by atoms with Crippen LogP contribution in [0.5, 0.6) is 0 Å². The second kappa shape index (κ2) is 5.55. The van der Waals surface area contributed by atoms with Gasteiger partial charge in [-0.3, -0.25) is 0 Å². The van der Waals surface area contributed by atoms with Crippen LogP contribution in [0.15, 0.2) is 53.5 Å². The van der Waals surface area contributed by atoms with Gasteiger partial charge in [0.05, 0.1) is 0 Å². The average molecular weight is 327 g/mol. The lowest BCUT2D eigenvalue weighted by molar-refractivity contribution is 0.586. The lowest BCUT2D eigenvalue weighted by atomic mass is 9.85. The summed E-state index contributed by atoms with van der Waals surface area (Å²) in [7, 11) is 0. The minimum atomic E-state index is 0. The minimum Gasteiger partial charge on any atom is -0.381 e. The molecule has 1 nitrogen and oxygen atoms in total. The smallest absolute Gasteiger partial charge is 0.0416 e. The maximum atomic E-state index is 3.74. The molecular formula is C14H18IN. The van der Waals surface area contributed by atoms with Crippen LogP contribution < -0.4 is 5.32 Å². The Morgan fingerprint density at radius 3 is 2.94 bits per heavy atom. The minimum absolute atomic E-state index is 0. The molecule has 1 heterocycles. The maximum Gasteiger partial charge on any atom is 0.0416 e. The Morgan fingerprint density at radius 1 is 1.50 bits per heavy atom. The van der Waals surface area contributed by atoms with Crippen molar-refractivity contribution < 1.29 is 0 Å². The van der Waals surface area contributed by atoms with E-state index >= 15 is 0 Å². The van der Waals surface area contributed by atoms with E-state index in [0.29, 0.717) is 12.0 Å². The molecule has 0 aromatic rings. The van der Waals surface area contributed by atoms with Crippen molar-refractivity contribution in [2.24, 2.45) is 5.92 Å². The second-order valence-corrected chi connectivity index (χ2v) is 4.21. The highest BCUT2D eigenvalue weighted by molar-refractivity contribution is 14.0. The Bertz CT molecular complexity index is 408.